The number of fused-ring (bicyclic) bond motifs is 1. The van der Waals surface area contributed by atoms with Gasteiger partial charge in [0.2, 0.25) is 0 Å². The largest absolute Gasteiger partial charge is 0.459 e. The molecule has 4 aromatic rings. The maximum atomic E-state index is 13.2. The molecule has 0 radical (unpaired) electrons. The lowest BCUT2D eigenvalue weighted by Gasteiger charge is -2.23. The normalized spacial score (nSPS) is 11.0. The van der Waals surface area contributed by atoms with Crippen LogP contribution < -0.4 is 10.5 Å². The summed E-state index contributed by atoms with van der Waals surface area (Å²) in [6.45, 7) is 6.17. The molecular weight excluding hydrogens is 364 g/mol. The first-order chi connectivity index (χ1) is 13.9. The van der Waals surface area contributed by atoms with Gasteiger partial charge in [-0.2, -0.15) is 0 Å². The van der Waals surface area contributed by atoms with Crippen LogP contribution in [0.4, 0.5) is 5.69 Å². The number of rotatable bonds is 4. The highest BCUT2D eigenvalue weighted by atomic mass is 16.3. The molecule has 5 heteroatoms. The number of nitrogens with zero attached hydrogens (tertiary/aromatic N) is 1. The molecule has 0 fully saturated rings. The molecule has 2 aromatic heterocycles. The number of pyridine rings is 1. The number of amides is 1. The van der Waals surface area contributed by atoms with Crippen molar-refractivity contribution >= 4 is 22.5 Å². The summed E-state index contributed by atoms with van der Waals surface area (Å²) in [6, 6.07) is 16.8. The van der Waals surface area contributed by atoms with Crippen LogP contribution in [0.3, 0.4) is 0 Å². The first-order valence-corrected chi connectivity index (χ1v) is 9.47. The number of anilines is 1. The van der Waals surface area contributed by atoms with E-state index in [1.165, 1.54) is 6.26 Å². The quantitative estimate of drug-likeness (QED) is 0.543. The van der Waals surface area contributed by atoms with Crippen LogP contribution in [0.15, 0.2) is 70.1 Å². The Kier molecular flexibility index (Phi) is 4.80. The van der Waals surface area contributed by atoms with Gasteiger partial charge in [-0.25, -0.2) is 0 Å². The zero-order chi connectivity index (χ0) is 20.5. The van der Waals surface area contributed by atoms with Crippen LogP contribution in [-0.2, 0) is 6.54 Å². The number of furan rings is 1. The van der Waals surface area contributed by atoms with Gasteiger partial charge in [-0.1, -0.05) is 17.7 Å². The second-order valence-corrected chi connectivity index (χ2v) is 7.35. The molecule has 29 heavy (non-hydrogen) atoms. The lowest BCUT2D eigenvalue weighted by atomic mass is 10.1. The van der Waals surface area contributed by atoms with E-state index < -0.39 is 0 Å². The smallest absolute Gasteiger partial charge is 0.294 e. The van der Waals surface area contributed by atoms with Crippen molar-refractivity contribution in [3.05, 3.63) is 99.2 Å². The van der Waals surface area contributed by atoms with Crippen molar-refractivity contribution in [3.63, 3.8) is 0 Å². The molecule has 0 bridgehead atoms. The van der Waals surface area contributed by atoms with Crippen LogP contribution in [0.5, 0.6) is 0 Å². The molecule has 2 aromatic carbocycles. The number of hydrogen-bond acceptors (Lipinski definition) is 3. The maximum absolute atomic E-state index is 13.2. The average Bonchev–Trinajstić information content (AvgIpc) is 3.23. The van der Waals surface area contributed by atoms with Crippen molar-refractivity contribution in [2.75, 3.05) is 4.90 Å². The highest BCUT2D eigenvalue weighted by molar-refractivity contribution is 6.04. The highest BCUT2D eigenvalue weighted by Crippen LogP contribution is 2.23. The number of aryl methyl sites for hydroxylation is 3. The van der Waals surface area contributed by atoms with Crippen LogP contribution in [0.1, 0.15) is 32.8 Å². The lowest BCUT2D eigenvalue weighted by molar-refractivity contribution is 0.0958. The molecule has 0 aliphatic rings. The molecule has 0 spiro atoms. The third-order valence-corrected chi connectivity index (χ3v) is 5.18. The molecule has 0 saturated carbocycles. The number of H-pyrrole nitrogens is 1. The first kappa shape index (κ1) is 18.7. The van der Waals surface area contributed by atoms with Crippen LogP contribution in [0.2, 0.25) is 0 Å². The summed E-state index contributed by atoms with van der Waals surface area (Å²) in [5.41, 5.74) is 5.12. The monoisotopic (exact) mass is 386 g/mol. The Hall–Kier alpha value is -3.60. The molecular formula is C24H22N2O3. The highest BCUT2D eigenvalue weighted by Gasteiger charge is 2.22. The summed E-state index contributed by atoms with van der Waals surface area (Å²) >= 11 is 0. The van der Waals surface area contributed by atoms with E-state index >= 15 is 0 Å². The topological polar surface area (TPSA) is 66.3 Å². The Morgan fingerprint density at radius 2 is 1.83 bits per heavy atom. The lowest BCUT2D eigenvalue weighted by Crippen LogP contribution is -2.32. The number of nitrogens with one attached hydrogen (secondary N) is 1. The van der Waals surface area contributed by atoms with Gasteiger partial charge in [0.05, 0.1) is 12.8 Å². The number of benzene rings is 2. The van der Waals surface area contributed by atoms with E-state index in [0.717, 1.165) is 33.3 Å². The van der Waals surface area contributed by atoms with Crippen molar-refractivity contribution in [2.45, 2.75) is 27.3 Å². The molecule has 0 saturated heterocycles. The SMILES string of the molecule is Cc1ccc2[nH]c(=O)c(CN(C(=O)c3ccco3)c3ccc(C)c(C)c3)cc2c1. The summed E-state index contributed by atoms with van der Waals surface area (Å²) in [4.78, 5) is 30.4. The van der Waals surface area contributed by atoms with Crippen LogP contribution in [0.25, 0.3) is 10.9 Å². The molecule has 1 amide bonds. The zero-order valence-electron chi connectivity index (χ0n) is 16.7. The first-order valence-electron chi connectivity index (χ1n) is 9.47. The standard InChI is InChI=1S/C24H22N2O3/c1-15-6-9-21-18(11-15)13-19(23(27)25-21)14-26(24(28)22-5-4-10-29-22)20-8-7-16(2)17(3)12-20/h4-13H,14H2,1-3H3,(H,25,27). The second-order valence-electron chi connectivity index (χ2n) is 7.35. The van der Waals surface area contributed by atoms with Gasteiger partial charge in [-0.3, -0.25) is 9.59 Å². The molecule has 0 unspecified atom stereocenters. The van der Waals surface area contributed by atoms with Crippen molar-refractivity contribution in [1.82, 2.24) is 4.98 Å². The Labute approximate surface area is 168 Å². The molecule has 0 aliphatic carbocycles. The van der Waals surface area contributed by atoms with Gasteiger partial charge in [-0.15, -0.1) is 0 Å². The summed E-state index contributed by atoms with van der Waals surface area (Å²) in [5, 5.41) is 0.935. The Morgan fingerprint density at radius 3 is 2.55 bits per heavy atom. The van der Waals surface area contributed by atoms with E-state index in [4.69, 9.17) is 4.42 Å². The van der Waals surface area contributed by atoms with E-state index in [-0.39, 0.29) is 23.8 Å². The Balaban J connectivity index is 1.80. The van der Waals surface area contributed by atoms with Gasteiger partial charge in [0.1, 0.15) is 0 Å². The van der Waals surface area contributed by atoms with Gasteiger partial charge in [0.25, 0.3) is 11.5 Å². The van der Waals surface area contributed by atoms with Gasteiger partial charge < -0.3 is 14.3 Å². The van der Waals surface area contributed by atoms with Crippen molar-refractivity contribution < 1.29 is 9.21 Å². The molecule has 1 N–H and O–H groups in total. The van der Waals surface area contributed by atoms with Crippen molar-refractivity contribution in [3.8, 4) is 0 Å². The summed E-state index contributed by atoms with van der Waals surface area (Å²) in [6.07, 6.45) is 1.47. The van der Waals surface area contributed by atoms with Crippen LogP contribution in [0, 0.1) is 20.8 Å². The minimum atomic E-state index is -0.290. The predicted octanol–water partition coefficient (Wildman–Crippen LogP) is 4.89. The molecule has 2 heterocycles. The van der Waals surface area contributed by atoms with Crippen molar-refractivity contribution in [2.24, 2.45) is 0 Å². The number of carbonyl (C=O) groups excluding carboxylic acids is 1. The van der Waals surface area contributed by atoms with Gasteiger partial charge in [-0.05, 0) is 79.7 Å². The second kappa shape index (κ2) is 7.43. The van der Waals surface area contributed by atoms with E-state index in [9.17, 15) is 9.59 Å². The fourth-order valence-corrected chi connectivity index (χ4v) is 3.37. The zero-order valence-corrected chi connectivity index (χ0v) is 16.7. The number of hydrogen-bond donors (Lipinski definition) is 1. The number of carbonyl (C=O) groups is 1. The Bertz CT molecular complexity index is 1250. The minimum absolute atomic E-state index is 0.140. The Morgan fingerprint density at radius 1 is 1.00 bits per heavy atom. The summed E-state index contributed by atoms with van der Waals surface area (Å²) in [5.74, 6) is -0.0571. The predicted molar refractivity (Wildman–Crippen MR) is 114 cm³/mol. The summed E-state index contributed by atoms with van der Waals surface area (Å²) < 4.78 is 5.33. The third kappa shape index (κ3) is 3.72. The molecule has 146 valence electrons. The van der Waals surface area contributed by atoms with E-state index in [2.05, 4.69) is 4.98 Å². The van der Waals surface area contributed by atoms with Gasteiger partial charge in [0.15, 0.2) is 5.76 Å². The van der Waals surface area contributed by atoms with Gasteiger partial charge in [0, 0.05) is 16.8 Å². The average molecular weight is 386 g/mol. The van der Waals surface area contributed by atoms with Crippen LogP contribution in [-0.4, -0.2) is 10.9 Å². The molecule has 5 nitrogen and oxygen atoms in total. The van der Waals surface area contributed by atoms with E-state index in [1.54, 1.807) is 17.0 Å². The maximum Gasteiger partial charge on any atom is 0.294 e. The van der Waals surface area contributed by atoms with Crippen molar-refractivity contribution in [1.29, 1.82) is 0 Å². The number of aromatic nitrogens is 1. The van der Waals surface area contributed by atoms with Gasteiger partial charge >= 0.3 is 0 Å². The number of aromatic amines is 1. The fraction of sp³-hybridized carbons (Fsp3) is 0.167. The molecule has 0 atom stereocenters. The fourth-order valence-electron chi connectivity index (χ4n) is 3.37. The van der Waals surface area contributed by atoms with Crippen LogP contribution >= 0.6 is 0 Å². The molecule has 4 rings (SSSR count). The minimum Gasteiger partial charge on any atom is -0.459 e. The van der Waals surface area contributed by atoms with E-state index in [1.807, 2.05) is 63.2 Å². The summed E-state index contributed by atoms with van der Waals surface area (Å²) in [7, 11) is 0. The molecule has 0 aliphatic heterocycles. The van der Waals surface area contributed by atoms with E-state index in [0.29, 0.717) is 5.56 Å². The third-order valence-electron chi connectivity index (χ3n) is 5.18.